The van der Waals surface area contributed by atoms with Crippen LogP contribution in [0.5, 0.6) is 0 Å². The molecule has 9 nitrogen and oxygen atoms in total. The van der Waals surface area contributed by atoms with E-state index in [1.165, 1.54) is 18.0 Å². The number of hydrogen-bond acceptors (Lipinski definition) is 8. The van der Waals surface area contributed by atoms with Crippen molar-refractivity contribution in [1.29, 1.82) is 0 Å². The van der Waals surface area contributed by atoms with Crippen molar-refractivity contribution in [2.75, 3.05) is 13.7 Å². The molecule has 0 aliphatic carbocycles. The van der Waals surface area contributed by atoms with Crippen LogP contribution in [0.3, 0.4) is 0 Å². The van der Waals surface area contributed by atoms with Crippen molar-refractivity contribution >= 4 is 0 Å². The molecule has 0 radical (unpaired) electrons. The standard InChI is InChI=1S/C23H27F3N4O5/c1-23(2,3)18-8-12(35-28-18)7-16-22(33-4)20(21(32)17(10-31)34-16)30-9-15(27-29-30)11-5-13(24)19(26)14(25)6-11/h5-6,8-9,16-17,20-22,31-32H,7,10H2,1-4H3/t16-,17-,20+,21+,22+/m1/s1. The summed E-state index contributed by atoms with van der Waals surface area (Å²) in [6.07, 6.45) is -2.08. The normalized spacial score (nSPS) is 25.2. The van der Waals surface area contributed by atoms with Crippen LogP contribution < -0.4 is 0 Å². The van der Waals surface area contributed by atoms with E-state index in [9.17, 15) is 23.4 Å². The zero-order valence-corrected chi connectivity index (χ0v) is 19.7. The first-order chi connectivity index (χ1) is 16.5. The molecule has 0 bridgehead atoms. The minimum atomic E-state index is -1.59. The van der Waals surface area contributed by atoms with Crippen LogP contribution in [0.2, 0.25) is 0 Å². The topological polar surface area (TPSA) is 116 Å². The molecular formula is C23H27F3N4O5. The molecule has 1 aliphatic rings. The van der Waals surface area contributed by atoms with Crippen LogP contribution in [0, 0.1) is 17.5 Å². The lowest BCUT2D eigenvalue weighted by atomic mass is 9.89. The van der Waals surface area contributed by atoms with Crippen molar-refractivity contribution in [3.8, 4) is 11.3 Å². The molecule has 1 aromatic carbocycles. The monoisotopic (exact) mass is 496 g/mol. The largest absolute Gasteiger partial charge is 0.394 e. The van der Waals surface area contributed by atoms with Gasteiger partial charge < -0.3 is 24.2 Å². The average Bonchev–Trinajstić information content (AvgIpc) is 3.47. The molecule has 3 heterocycles. The number of ether oxygens (including phenoxy) is 2. The lowest BCUT2D eigenvalue weighted by Gasteiger charge is -2.43. The molecule has 1 aliphatic heterocycles. The third kappa shape index (κ3) is 4.96. The number of aliphatic hydroxyl groups excluding tert-OH is 2. The fourth-order valence-electron chi connectivity index (χ4n) is 4.15. The number of aromatic nitrogens is 4. The molecular weight excluding hydrogens is 469 g/mol. The zero-order chi connectivity index (χ0) is 25.5. The van der Waals surface area contributed by atoms with E-state index < -0.39 is 54.5 Å². The summed E-state index contributed by atoms with van der Waals surface area (Å²) in [5, 5.41) is 32.8. The van der Waals surface area contributed by atoms with Gasteiger partial charge >= 0.3 is 0 Å². The number of halogens is 3. The highest BCUT2D eigenvalue weighted by atomic mass is 19.2. The lowest BCUT2D eigenvalue weighted by molar-refractivity contribution is -0.212. The maximum absolute atomic E-state index is 13.7. The number of benzene rings is 1. The Kier molecular flexibility index (Phi) is 7.00. The van der Waals surface area contributed by atoms with Gasteiger partial charge in [0.05, 0.1) is 24.6 Å². The van der Waals surface area contributed by atoms with Crippen molar-refractivity contribution in [2.24, 2.45) is 0 Å². The molecule has 5 atom stereocenters. The Morgan fingerprint density at radius 3 is 2.37 bits per heavy atom. The maximum atomic E-state index is 13.7. The minimum absolute atomic E-state index is 0.0326. The fraction of sp³-hybridized carbons (Fsp3) is 0.522. The van der Waals surface area contributed by atoms with E-state index >= 15 is 0 Å². The van der Waals surface area contributed by atoms with Crippen LogP contribution in [-0.4, -0.2) is 68.5 Å². The van der Waals surface area contributed by atoms with Gasteiger partial charge in [0.2, 0.25) is 0 Å². The van der Waals surface area contributed by atoms with Crippen molar-refractivity contribution in [2.45, 2.75) is 63.1 Å². The van der Waals surface area contributed by atoms with Crippen molar-refractivity contribution in [1.82, 2.24) is 20.2 Å². The Bertz CT molecular complexity index is 1160. The second-order valence-electron chi connectivity index (χ2n) is 9.55. The number of methoxy groups -OCH3 is 1. The molecule has 35 heavy (non-hydrogen) atoms. The van der Waals surface area contributed by atoms with E-state index in [1.807, 2.05) is 26.8 Å². The molecule has 0 saturated carbocycles. The molecule has 0 amide bonds. The van der Waals surface area contributed by atoms with Crippen LogP contribution in [0.25, 0.3) is 11.3 Å². The van der Waals surface area contributed by atoms with Gasteiger partial charge in [-0.1, -0.05) is 31.1 Å². The molecule has 1 saturated heterocycles. The highest BCUT2D eigenvalue weighted by molar-refractivity contribution is 5.57. The SMILES string of the molecule is CO[C@@H]1[C@@H](n2cc(-c3cc(F)c(F)c(F)c3)nn2)[C@@H](O)[C@@H](CO)O[C@@H]1Cc1cc(C(C)(C)C)no1. The highest BCUT2D eigenvalue weighted by Crippen LogP contribution is 2.34. The smallest absolute Gasteiger partial charge is 0.194 e. The summed E-state index contributed by atoms with van der Waals surface area (Å²) in [5.41, 5.74) is 0.555. The van der Waals surface area contributed by atoms with Gasteiger partial charge in [-0.3, -0.25) is 0 Å². The van der Waals surface area contributed by atoms with Gasteiger partial charge in [0.15, 0.2) is 17.5 Å². The third-order valence-electron chi connectivity index (χ3n) is 6.06. The van der Waals surface area contributed by atoms with Gasteiger partial charge in [0.25, 0.3) is 0 Å². The van der Waals surface area contributed by atoms with E-state index in [2.05, 4.69) is 15.5 Å². The molecule has 190 valence electrons. The number of hydrogen-bond donors (Lipinski definition) is 2. The summed E-state index contributed by atoms with van der Waals surface area (Å²) < 4.78 is 59.1. The molecule has 0 spiro atoms. The third-order valence-corrected chi connectivity index (χ3v) is 6.06. The average molecular weight is 496 g/mol. The summed E-state index contributed by atoms with van der Waals surface area (Å²) >= 11 is 0. The van der Waals surface area contributed by atoms with E-state index in [0.717, 1.165) is 17.8 Å². The van der Waals surface area contributed by atoms with Crippen molar-refractivity contribution in [3.63, 3.8) is 0 Å². The predicted molar refractivity (Wildman–Crippen MR) is 116 cm³/mol. The van der Waals surface area contributed by atoms with Crippen LogP contribution >= 0.6 is 0 Å². The molecule has 1 fully saturated rings. The Hall–Kier alpha value is -2.80. The Morgan fingerprint density at radius 1 is 1.11 bits per heavy atom. The summed E-state index contributed by atoms with van der Waals surface area (Å²) in [6, 6.07) is 2.54. The molecule has 3 aromatic rings. The minimum Gasteiger partial charge on any atom is -0.394 e. The predicted octanol–water partition coefficient (Wildman–Crippen LogP) is 2.57. The first-order valence-corrected chi connectivity index (χ1v) is 11.0. The van der Waals surface area contributed by atoms with Crippen molar-refractivity contribution in [3.05, 3.63) is 53.3 Å². The van der Waals surface area contributed by atoms with Crippen LogP contribution in [0.1, 0.15) is 38.3 Å². The van der Waals surface area contributed by atoms with E-state index in [0.29, 0.717) is 5.76 Å². The van der Waals surface area contributed by atoms with Crippen molar-refractivity contribution < 1.29 is 37.4 Å². The summed E-state index contributed by atoms with van der Waals surface area (Å²) in [6.45, 7) is 5.52. The first kappa shape index (κ1) is 25.3. The molecule has 2 N–H and O–H groups in total. The number of aliphatic hydroxyl groups is 2. The van der Waals surface area contributed by atoms with E-state index in [4.69, 9.17) is 14.0 Å². The molecule has 0 unspecified atom stereocenters. The summed E-state index contributed by atoms with van der Waals surface area (Å²) in [7, 11) is 1.43. The van der Waals surface area contributed by atoms with E-state index in [1.54, 1.807) is 0 Å². The van der Waals surface area contributed by atoms with Gasteiger partial charge in [-0.2, -0.15) is 0 Å². The zero-order valence-electron chi connectivity index (χ0n) is 19.7. The Balaban J connectivity index is 1.65. The van der Waals surface area contributed by atoms with Gasteiger partial charge in [-0.05, 0) is 12.1 Å². The summed E-state index contributed by atoms with van der Waals surface area (Å²) in [5.74, 6) is -3.78. The number of nitrogens with zero attached hydrogens (tertiary/aromatic N) is 4. The lowest BCUT2D eigenvalue weighted by Crippen LogP contribution is -2.57. The highest BCUT2D eigenvalue weighted by Gasteiger charge is 2.47. The van der Waals surface area contributed by atoms with Gasteiger partial charge in [0, 0.05) is 30.6 Å². The second kappa shape index (κ2) is 9.69. The van der Waals surface area contributed by atoms with Crippen LogP contribution in [0.4, 0.5) is 13.2 Å². The quantitative estimate of drug-likeness (QED) is 0.501. The van der Waals surface area contributed by atoms with Crippen LogP contribution in [0.15, 0.2) is 28.9 Å². The Labute approximate surface area is 199 Å². The number of rotatable bonds is 6. The fourth-order valence-corrected chi connectivity index (χ4v) is 4.15. The molecule has 12 heteroatoms. The second-order valence-corrected chi connectivity index (χ2v) is 9.55. The van der Waals surface area contributed by atoms with Crippen LogP contribution in [-0.2, 0) is 21.3 Å². The van der Waals surface area contributed by atoms with Gasteiger partial charge in [-0.25, -0.2) is 17.9 Å². The summed E-state index contributed by atoms with van der Waals surface area (Å²) in [4.78, 5) is 0. The van der Waals surface area contributed by atoms with Gasteiger partial charge in [-0.15, -0.1) is 5.10 Å². The first-order valence-electron chi connectivity index (χ1n) is 11.0. The van der Waals surface area contributed by atoms with Gasteiger partial charge in [0.1, 0.15) is 35.8 Å². The Morgan fingerprint density at radius 2 is 1.80 bits per heavy atom. The van der Waals surface area contributed by atoms with E-state index in [-0.39, 0.29) is 23.1 Å². The molecule has 4 rings (SSSR count). The maximum Gasteiger partial charge on any atom is 0.194 e. The molecule has 2 aromatic heterocycles.